The number of hydrogen-bond acceptors (Lipinski definition) is 4. The van der Waals surface area contributed by atoms with Crippen LogP contribution in [0.15, 0.2) is 48.7 Å². The summed E-state index contributed by atoms with van der Waals surface area (Å²) >= 11 is 0. The summed E-state index contributed by atoms with van der Waals surface area (Å²) in [6.07, 6.45) is 1.70. The number of aromatic nitrogens is 1. The first kappa shape index (κ1) is 19.5. The van der Waals surface area contributed by atoms with E-state index in [0.717, 1.165) is 48.2 Å². The monoisotopic (exact) mass is 392 g/mol. The van der Waals surface area contributed by atoms with Gasteiger partial charge < -0.3 is 10.2 Å². The van der Waals surface area contributed by atoms with Crippen molar-refractivity contribution in [3.05, 3.63) is 71.2 Å². The van der Waals surface area contributed by atoms with Crippen LogP contribution in [-0.4, -0.2) is 53.9 Å². The average Bonchev–Trinajstić information content (AvgIpc) is 2.72. The van der Waals surface area contributed by atoms with E-state index in [-0.39, 0.29) is 11.6 Å². The number of piperazine rings is 1. The highest BCUT2D eigenvalue weighted by Crippen LogP contribution is 2.23. The van der Waals surface area contributed by atoms with Crippen molar-refractivity contribution in [2.24, 2.45) is 0 Å². The van der Waals surface area contributed by atoms with Gasteiger partial charge in [-0.2, -0.15) is 0 Å². The first-order valence-corrected chi connectivity index (χ1v) is 9.86. The van der Waals surface area contributed by atoms with Crippen molar-refractivity contribution in [1.82, 2.24) is 14.8 Å². The lowest BCUT2D eigenvalue weighted by Crippen LogP contribution is -2.43. The van der Waals surface area contributed by atoms with Crippen LogP contribution in [-0.2, 0) is 6.54 Å². The van der Waals surface area contributed by atoms with Crippen LogP contribution < -0.4 is 5.32 Å². The number of pyridine rings is 1. The van der Waals surface area contributed by atoms with Crippen LogP contribution in [0.3, 0.4) is 0 Å². The minimum absolute atomic E-state index is 0.190. The second-order valence-electron chi connectivity index (χ2n) is 7.68. The summed E-state index contributed by atoms with van der Waals surface area (Å²) in [4.78, 5) is 21.8. The molecule has 29 heavy (non-hydrogen) atoms. The molecule has 1 fully saturated rings. The Hall–Kier alpha value is -2.83. The van der Waals surface area contributed by atoms with Gasteiger partial charge in [-0.05, 0) is 49.4 Å². The highest BCUT2D eigenvalue weighted by Gasteiger charge is 2.16. The van der Waals surface area contributed by atoms with Crippen molar-refractivity contribution in [3.8, 4) is 0 Å². The zero-order valence-electron chi connectivity index (χ0n) is 16.8. The van der Waals surface area contributed by atoms with Gasteiger partial charge in [0.1, 0.15) is 5.82 Å². The van der Waals surface area contributed by atoms with E-state index in [1.54, 1.807) is 24.4 Å². The number of amides is 1. The molecule has 6 heteroatoms. The molecule has 5 nitrogen and oxygen atoms in total. The fraction of sp³-hybridized carbons (Fsp3) is 0.304. The van der Waals surface area contributed by atoms with Gasteiger partial charge in [0.25, 0.3) is 5.91 Å². The number of carbonyl (C=O) groups excluding carboxylic acids is 1. The molecule has 1 aliphatic heterocycles. The number of carbonyl (C=O) groups is 1. The SMILES string of the molecule is Cc1ccc(C(=O)Nc2ccc(CN3CCN(C)CC3)cc2F)c2cccnc12. The molecule has 0 atom stereocenters. The van der Waals surface area contributed by atoms with E-state index in [4.69, 9.17) is 0 Å². The van der Waals surface area contributed by atoms with Crippen molar-refractivity contribution in [2.75, 3.05) is 38.5 Å². The number of halogens is 1. The van der Waals surface area contributed by atoms with Gasteiger partial charge in [-0.25, -0.2) is 4.39 Å². The van der Waals surface area contributed by atoms with Crippen LogP contribution in [0.2, 0.25) is 0 Å². The van der Waals surface area contributed by atoms with Gasteiger partial charge in [-0.1, -0.05) is 18.2 Å². The summed E-state index contributed by atoms with van der Waals surface area (Å²) in [7, 11) is 2.11. The number of aryl methyl sites for hydroxylation is 1. The van der Waals surface area contributed by atoms with Gasteiger partial charge in [-0.15, -0.1) is 0 Å². The lowest BCUT2D eigenvalue weighted by Gasteiger charge is -2.32. The van der Waals surface area contributed by atoms with E-state index >= 15 is 0 Å². The molecular formula is C23H25FN4O. The number of benzene rings is 2. The van der Waals surface area contributed by atoms with Crippen LogP contribution in [0.4, 0.5) is 10.1 Å². The number of anilines is 1. The first-order valence-electron chi connectivity index (χ1n) is 9.86. The standard InChI is InChI=1S/C23H25FN4O/c1-16-5-7-19(18-4-3-9-25-22(16)18)23(29)26-21-8-6-17(14-20(21)24)15-28-12-10-27(2)11-13-28/h3-9,14H,10-13,15H2,1-2H3,(H,26,29). The molecule has 0 aliphatic carbocycles. The summed E-state index contributed by atoms with van der Waals surface area (Å²) in [6, 6.07) is 12.3. The third kappa shape index (κ3) is 4.28. The molecule has 0 bridgehead atoms. The van der Waals surface area contributed by atoms with Gasteiger partial charge in [0.15, 0.2) is 0 Å². The van der Waals surface area contributed by atoms with Crippen molar-refractivity contribution >= 4 is 22.5 Å². The molecular weight excluding hydrogens is 367 g/mol. The Bertz CT molecular complexity index is 1040. The Morgan fingerprint density at radius 2 is 1.93 bits per heavy atom. The van der Waals surface area contributed by atoms with Gasteiger partial charge >= 0.3 is 0 Å². The molecule has 1 aliphatic rings. The van der Waals surface area contributed by atoms with Gasteiger partial charge in [0.05, 0.1) is 11.2 Å². The minimum Gasteiger partial charge on any atom is -0.319 e. The zero-order chi connectivity index (χ0) is 20.4. The Morgan fingerprint density at radius 1 is 1.14 bits per heavy atom. The van der Waals surface area contributed by atoms with Crippen LogP contribution >= 0.6 is 0 Å². The maximum Gasteiger partial charge on any atom is 0.256 e. The maximum atomic E-state index is 14.7. The third-order valence-corrected chi connectivity index (χ3v) is 5.50. The van der Waals surface area contributed by atoms with Gasteiger partial charge in [0.2, 0.25) is 0 Å². The molecule has 0 unspecified atom stereocenters. The smallest absolute Gasteiger partial charge is 0.256 e. The zero-order valence-corrected chi connectivity index (χ0v) is 16.8. The highest BCUT2D eigenvalue weighted by molar-refractivity contribution is 6.12. The minimum atomic E-state index is -0.417. The molecule has 1 amide bonds. The fourth-order valence-corrected chi connectivity index (χ4v) is 3.72. The number of rotatable bonds is 4. The first-order chi connectivity index (χ1) is 14.0. The number of fused-ring (bicyclic) bond motifs is 1. The molecule has 1 N–H and O–H groups in total. The van der Waals surface area contributed by atoms with E-state index in [2.05, 4.69) is 27.1 Å². The summed E-state index contributed by atoms with van der Waals surface area (Å²) in [5.41, 5.74) is 3.36. The molecule has 4 rings (SSSR count). The molecule has 1 aromatic heterocycles. The van der Waals surface area contributed by atoms with Crippen LogP contribution in [0.25, 0.3) is 10.9 Å². The molecule has 150 valence electrons. The normalized spacial score (nSPS) is 15.6. The van der Waals surface area contributed by atoms with Gasteiger partial charge in [-0.3, -0.25) is 14.7 Å². The number of nitrogens with zero attached hydrogens (tertiary/aromatic N) is 3. The quantitative estimate of drug-likeness (QED) is 0.736. The molecule has 0 spiro atoms. The topological polar surface area (TPSA) is 48.5 Å². The third-order valence-electron chi connectivity index (χ3n) is 5.50. The van der Waals surface area contributed by atoms with E-state index in [1.165, 1.54) is 6.07 Å². The predicted molar refractivity (Wildman–Crippen MR) is 114 cm³/mol. The highest BCUT2D eigenvalue weighted by atomic mass is 19.1. The second kappa shape index (κ2) is 8.27. The molecule has 1 saturated heterocycles. The lowest BCUT2D eigenvalue weighted by atomic mass is 10.0. The van der Waals surface area contributed by atoms with Crippen LogP contribution in [0.5, 0.6) is 0 Å². The van der Waals surface area contributed by atoms with E-state index < -0.39 is 5.82 Å². The number of nitrogens with one attached hydrogen (secondary N) is 1. The Balaban J connectivity index is 1.50. The van der Waals surface area contributed by atoms with Crippen molar-refractivity contribution in [3.63, 3.8) is 0 Å². The van der Waals surface area contributed by atoms with Crippen molar-refractivity contribution in [1.29, 1.82) is 0 Å². The molecule has 2 aromatic carbocycles. The summed E-state index contributed by atoms with van der Waals surface area (Å²) in [5.74, 6) is -0.756. The largest absolute Gasteiger partial charge is 0.319 e. The Morgan fingerprint density at radius 3 is 2.69 bits per heavy atom. The molecule has 3 aromatic rings. The van der Waals surface area contributed by atoms with Crippen LogP contribution in [0.1, 0.15) is 21.5 Å². The molecule has 2 heterocycles. The van der Waals surface area contributed by atoms with Gasteiger partial charge in [0, 0.05) is 49.9 Å². The second-order valence-corrected chi connectivity index (χ2v) is 7.68. The number of hydrogen-bond donors (Lipinski definition) is 1. The molecule has 0 saturated carbocycles. The summed E-state index contributed by atoms with van der Waals surface area (Å²) in [6.45, 7) is 6.67. The Kier molecular flexibility index (Phi) is 5.56. The van der Waals surface area contributed by atoms with E-state index in [0.29, 0.717) is 12.1 Å². The van der Waals surface area contributed by atoms with E-state index in [1.807, 2.05) is 25.1 Å². The maximum absolute atomic E-state index is 14.7. The average molecular weight is 392 g/mol. The number of likely N-dealkylation sites (N-methyl/N-ethyl adjacent to an activating group) is 1. The fourth-order valence-electron chi connectivity index (χ4n) is 3.72. The summed E-state index contributed by atoms with van der Waals surface area (Å²) < 4.78 is 14.7. The van der Waals surface area contributed by atoms with Crippen molar-refractivity contribution < 1.29 is 9.18 Å². The summed E-state index contributed by atoms with van der Waals surface area (Å²) in [5, 5.41) is 3.47. The predicted octanol–water partition coefficient (Wildman–Crippen LogP) is 3.68. The van der Waals surface area contributed by atoms with Crippen molar-refractivity contribution in [2.45, 2.75) is 13.5 Å². The Labute approximate surface area is 170 Å². The van der Waals surface area contributed by atoms with Crippen LogP contribution in [0, 0.1) is 12.7 Å². The van der Waals surface area contributed by atoms with E-state index in [9.17, 15) is 9.18 Å². The molecule has 0 radical (unpaired) electrons. The lowest BCUT2D eigenvalue weighted by molar-refractivity contribution is 0.102.